The van der Waals surface area contributed by atoms with Crippen LogP contribution in [0.25, 0.3) is 0 Å². The molecule has 0 fully saturated rings. The number of nitriles is 1. The van der Waals surface area contributed by atoms with Crippen molar-refractivity contribution in [3.8, 4) is 17.6 Å². The van der Waals surface area contributed by atoms with E-state index in [1.54, 1.807) is 0 Å². The highest BCUT2D eigenvalue weighted by Crippen LogP contribution is 2.24. The number of aromatic carboxylic acids is 1. The lowest BCUT2D eigenvalue weighted by atomic mass is 10.2. The lowest BCUT2D eigenvalue weighted by Crippen LogP contribution is -2.29. The van der Waals surface area contributed by atoms with E-state index >= 15 is 0 Å². The van der Waals surface area contributed by atoms with Crippen LogP contribution in [0.4, 0.5) is 0 Å². The first-order valence-electron chi connectivity index (χ1n) is 5.76. The van der Waals surface area contributed by atoms with Gasteiger partial charge < -0.3 is 19.9 Å². The van der Waals surface area contributed by atoms with Crippen molar-refractivity contribution >= 4 is 11.9 Å². The van der Waals surface area contributed by atoms with Gasteiger partial charge in [0.1, 0.15) is 17.1 Å². The number of nitrogens with zero attached hydrogens (tertiary/aromatic N) is 1. The topological polar surface area (TPSA) is 109 Å². The molecule has 0 saturated heterocycles. The van der Waals surface area contributed by atoms with Crippen LogP contribution in [0, 0.1) is 11.3 Å². The van der Waals surface area contributed by atoms with Gasteiger partial charge in [0.2, 0.25) is 0 Å². The van der Waals surface area contributed by atoms with Crippen molar-refractivity contribution in [3.05, 3.63) is 23.8 Å². The Morgan fingerprint density at radius 3 is 2.80 bits per heavy atom. The van der Waals surface area contributed by atoms with Gasteiger partial charge in [-0.1, -0.05) is 0 Å². The molecule has 0 unspecified atom stereocenters. The van der Waals surface area contributed by atoms with Crippen LogP contribution >= 0.6 is 0 Å². The number of ether oxygens (including phenoxy) is 2. The molecule has 1 aromatic rings. The van der Waals surface area contributed by atoms with E-state index in [-0.39, 0.29) is 30.9 Å². The van der Waals surface area contributed by atoms with Crippen LogP contribution in [-0.4, -0.2) is 37.2 Å². The van der Waals surface area contributed by atoms with Crippen LogP contribution in [0.1, 0.15) is 16.8 Å². The number of carboxylic acid groups (broad SMARTS) is 1. The second-order valence-electron chi connectivity index (χ2n) is 3.71. The molecule has 0 heterocycles. The van der Waals surface area contributed by atoms with E-state index in [2.05, 4.69) is 5.32 Å². The standard InChI is InChI=1S/C13H14N2O5/c1-19-9-3-4-11(10(7-9)13(17)18)20-8-12(16)15-6-2-5-14/h3-4,7H,2,6,8H2,1H3,(H,15,16)(H,17,18). The van der Waals surface area contributed by atoms with Crippen molar-refractivity contribution < 1.29 is 24.2 Å². The average Bonchev–Trinajstić information content (AvgIpc) is 2.45. The maximum absolute atomic E-state index is 11.4. The fourth-order valence-electron chi connectivity index (χ4n) is 1.38. The molecule has 0 aliphatic carbocycles. The fraction of sp³-hybridized carbons (Fsp3) is 0.308. The summed E-state index contributed by atoms with van der Waals surface area (Å²) < 4.78 is 10.1. The van der Waals surface area contributed by atoms with Crippen LogP contribution in [0.5, 0.6) is 11.5 Å². The lowest BCUT2D eigenvalue weighted by molar-refractivity contribution is -0.123. The molecule has 0 spiro atoms. The summed E-state index contributed by atoms with van der Waals surface area (Å²) >= 11 is 0. The van der Waals surface area contributed by atoms with E-state index in [4.69, 9.17) is 19.8 Å². The zero-order valence-corrected chi connectivity index (χ0v) is 10.9. The summed E-state index contributed by atoms with van der Waals surface area (Å²) in [6, 6.07) is 6.16. The number of benzene rings is 1. The molecule has 1 amide bonds. The second kappa shape index (κ2) is 7.63. The van der Waals surface area contributed by atoms with Crippen LogP contribution in [0.2, 0.25) is 0 Å². The van der Waals surface area contributed by atoms with Crippen LogP contribution < -0.4 is 14.8 Å². The largest absolute Gasteiger partial charge is 0.497 e. The number of carbonyl (C=O) groups is 2. The van der Waals surface area contributed by atoms with Gasteiger partial charge in [0.05, 0.1) is 19.6 Å². The van der Waals surface area contributed by atoms with E-state index < -0.39 is 11.9 Å². The average molecular weight is 278 g/mol. The Hall–Kier alpha value is -2.75. The summed E-state index contributed by atoms with van der Waals surface area (Å²) in [6.07, 6.45) is 0.203. The number of carboxylic acids is 1. The minimum atomic E-state index is -1.18. The Kier molecular flexibility index (Phi) is 5.84. The Morgan fingerprint density at radius 1 is 1.45 bits per heavy atom. The number of nitrogens with one attached hydrogen (secondary N) is 1. The molecule has 0 saturated carbocycles. The maximum atomic E-state index is 11.4. The third-order valence-corrected chi connectivity index (χ3v) is 2.33. The highest BCUT2D eigenvalue weighted by Gasteiger charge is 2.14. The van der Waals surface area contributed by atoms with Gasteiger partial charge in [-0.3, -0.25) is 4.79 Å². The van der Waals surface area contributed by atoms with Gasteiger partial charge >= 0.3 is 5.97 Å². The summed E-state index contributed by atoms with van der Waals surface area (Å²) in [4.78, 5) is 22.5. The monoisotopic (exact) mass is 278 g/mol. The zero-order valence-electron chi connectivity index (χ0n) is 10.9. The number of carbonyl (C=O) groups excluding carboxylic acids is 1. The molecule has 0 radical (unpaired) electrons. The summed E-state index contributed by atoms with van der Waals surface area (Å²) in [7, 11) is 1.42. The zero-order chi connectivity index (χ0) is 15.0. The molecule has 0 bridgehead atoms. The van der Waals surface area contributed by atoms with Crippen molar-refractivity contribution in [1.82, 2.24) is 5.32 Å². The number of methoxy groups -OCH3 is 1. The van der Waals surface area contributed by atoms with Crippen molar-refractivity contribution in [2.24, 2.45) is 0 Å². The highest BCUT2D eigenvalue weighted by atomic mass is 16.5. The SMILES string of the molecule is COc1ccc(OCC(=O)NCCC#N)c(C(=O)O)c1. The second-order valence-corrected chi connectivity index (χ2v) is 3.71. The van der Waals surface area contributed by atoms with Crippen molar-refractivity contribution in [3.63, 3.8) is 0 Å². The first-order chi connectivity index (χ1) is 9.58. The summed E-state index contributed by atoms with van der Waals surface area (Å²) in [6.45, 7) is -0.0921. The molecule has 0 atom stereocenters. The molecule has 7 nitrogen and oxygen atoms in total. The van der Waals surface area contributed by atoms with Gasteiger partial charge in [0.15, 0.2) is 6.61 Å². The number of hydrogen-bond acceptors (Lipinski definition) is 5. The Morgan fingerprint density at radius 2 is 2.20 bits per heavy atom. The molecular formula is C13H14N2O5. The van der Waals surface area contributed by atoms with Gasteiger partial charge in [0.25, 0.3) is 5.91 Å². The van der Waals surface area contributed by atoms with Crippen LogP contribution in [0.3, 0.4) is 0 Å². The molecular weight excluding hydrogens is 264 g/mol. The maximum Gasteiger partial charge on any atom is 0.339 e. The number of hydrogen-bond donors (Lipinski definition) is 2. The molecule has 106 valence electrons. The normalized spacial score (nSPS) is 9.40. The molecule has 20 heavy (non-hydrogen) atoms. The van der Waals surface area contributed by atoms with Gasteiger partial charge in [0, 0.05) is 6.54 Å². The predicted octanol–water partition coefficient (Wildman–Crippen LogP) is 0.802. The van der Waals surface area contributed by atoms with Gasteiger partial charge in [-0.2, -0.15) is 5.26 Å². The third-order valence-electron chi connectivity index (χ3n) is 2.33. The lowest BCUT2D eigenvalue weighted by Gasteiger charge is -2.10. The highest BCUT2D eigenvalue weighted by molar-refractivity contribution is 5.91. The van der Waals surface area contributed by atoms with Crippen molar-refractivity contribution in [1.29, 1.82) is 5.26 Å². The Balaban J connectivity index is 2.66. The van der Waals surface area contributed by atoms with E-state index in [0.717, 1.165) is 0 Å². The first kappa shape index (κ1) is 15.3. The van der Waals surface area contributed by atoms with E-state index in [1.165, 1.54) is 25.3 Å². The number of rotatable bonds is 7. The summed E-state index contributed by atoms with van der Waals surface area (Å²) in [5.74, 6) is -1.14. The van der Waals surface area contributed by atoms with Gasteiger partial charge in [-0.05, 0) is 18.2 Å². The molecule has 2 N–H and O–H groups in total. The molecule has 0 aliphatic heterocycles. The Labute approximate surface area is 115 Å². The smallest absolute Gasteiger partial charge is 0.339 e. The predicted molar refractivity (Wildman–Crippen MR) is 68.7 cm³/mol. The first-order valence-corrected chi connectivity index (χ1v) is 5.76. The fourth-order valence-corrected chi connectivity index (χ4v) is 1.38. The van der Waals surface area contributed by atoms with Crippen LogP contribution in [-0.2, 0) is 4.79 Å². The minimum Gasteiger partial charge on any atom is -0.497 e. The molecule has 1 rings (SSSR count). The molecule has 0 aliphatic rings. The van der Waals surface area contributed by atoms with Crippen LogP contribution in [0.15, 0.2) is 18.2 Å². The third kappa shape index (κ3) is 4.49. The van der Waals surface area contributed by atoms with E-state index in [1.807, 2.05) is 6.07 Å². The quantitative estimate of drug-likeness (QED) is 0.714. The van der Waals surface area contributed by atoms with Gasteiger partial charge in [-0.25, -0.2) is 4.79 Å². The summed E-state index contributed by atoms with van der Waals surface area (Å²) in [5, 5.41) is 19.8. The van der Waals surface area contributed by atoms with E-state index in [0.29, 0.717) is 5.75 Å². The Bertz CT molecular complexity index is 536. The van der Waals surface area contributed by atoms with Gasteiger partial charge in [-0.15, -0.1) is 0 Å². The minimum absolute atomic E-state index is 0.0775. The number of amides is 1. The molecule has 0 aromatic heterocycles. The molecule has 1 aromatic carbocycles. The van der Waals surface area contributed by atoms with Crippen molar-refractivity contribution in [2.45, 2.75) is 6.42 Å². The van der Waals surface area contributed by atoms with E-state index in [9.17, 15) is 9.59 Å². The molecule has 7 heteroatoms. The van der Waals surface area contributed by atoms with Crippen molar-refractivity contribution in [2.75, 3.05) is 20.3 Å². The summed E-state index contributed by atoms with van der Waals surface area (Å²) in [5.41, 5.74) is -0.0887.